The SMILES string of the molecule is CCSc1ccc([N+](=O)[O-])cc1C(=O)NCC(C)C(=O)O. The van der Waals surface area contributed by atoms with E-state index >= 15 is 0 Å². The number of hydrogen-bond acceptors (Lipinski definition) is 5. The van der Waals surface area contributed by atoms with E-state index in [2.05, 4.69) is 5.32 Å². The van der Waals surface area contributed by atoms with Gasteiger partial charge in [-0.3, -0.25) is 19.7 Å². The molecule has 0 aromatic heterocycles. The zero-order chi connectivity index (χ0) is 16.0. The van der Waals surface area contributed by atoms with Crippen molar-refractivity contribution in [1.29, 1.82) is 0 Å². The number of benzene rings is 1. The average Bonchev–Trinajstić information content (AvgIpc) is 2.44. The number of carbonyl (C=O) groups is 2. The van der Waals surface area contributed by atoms with Crippen LogP contribution >= 0.6 is 11.8 Å². The summed E-state index contributed by atoms with van der Waals surface area (Å²) in [7, 11) is 0. The van der Waals surface area contributed by atoms with Crippen LogP contribution in [0.25, 0.3) is 0 Å². The van der Waals surface area contributed by atoms with Crippen LogP contribution in [0, 0.1) is 16.0 Å². The molecule has 1 aromatic rings. The van der Waals surface area contributed by atoms with E-state index in [9.17, 15) is 19.7 Å². The molecule has 7 nitrogen and oxygen atoms in total. The number of nitro benzene ring substituents is 1. The Hall–Kier alpha value is -2.09. The third-order valence-corrected chi connectivity index (χ3v) is 3.66. The molecular formula is C13H16N2O5S. The van der Waals surface area contributed by atoms with Gasteiger partial charge in [0.05, 0.1) is 16.4 Å². The second kappa shape index (κ2) is 7.63. The summed E-state index contributed by atoms with van der Waals surface area (Å²) in [5, 5.41) is 22.1. The highest BCUT2D eigenvalue weighted by Gasteiger charge is 2.18. The fourth-order valence-electron chi connectivity index (χ4n) is 1.52. The van der Waals surface area contributed by atoms with E-state index in [0.717, 1.165) is 0 Å². The summed E-state index contributed by atoms with van der Waals surface area (Å²) in [6.45, 7) is 3.34. The Labute approximate surface area is 125 Å². The number of nitro groups is 1. The van der Waals surface area contributed by atoms with E-state index in [1.807, 2.05) is 6.92 Å². The highest BCUT2D eigenvalue weighted by Crippen LogP contribution is 2.26. The predicted octanol–water partition coefficient (Wildman–Crippen LogP) is 2.16. The minimum atomic E-state index is -1.02. The second-order valence-electron chi connectivity index (χ2n) is 4.32. The fourth-order valence-corrected chi connectivity index (χ4v) is 2.30. The van der Waals surface area contributed by atoms with Crippen molar-refractivity contribution in [2.24, 2.45) is 5.92 Å². The van der Waals surface area contributed by atoms with Gasteiger partial charge in [-0.1, -0.05) is 13.8 Å². The number of amides is 1. The van der Waals surface area contributed by atoms with E-state index < -0.39 is 22.7 Å². The van der Waals surface area contributed by atoms with Crippen LogP contribution < -0.4 is 5.32 Å². The fraction of sp³-hybridized carbons (Fsp3) is 0.385. The molecule has 0 bridgehead atoms. The number of carboxylic acids is 1. The summed E-state index contributed by atoms with van der Waals surface area (Å²) < 4.78 is 0. The van der Waals surface area contributed by atoms with Crippen LogP contribution in [0.3, 0.4) is 0 Å². The van der Waals surface area contributed by atoms with Gasteiger partial charge in [0.2, 0.25) is 0 Å². The first-order valence-electron chi connectivity index (χ1n) is 6.29. The van der Waals surface area contributed by atoms with Crippen molar-refractivity contribution in [2.45, 2.75) is 18.7 Å². The summed E-state index contributed by atoms with van der Waals surface area (Å²) in [5.74, 6) is -1.54. The van der Waals surface area contributed by atoms with Gasteiger partial charge >= 0.3 is 5.97 Å². The largest absolute Gasteiger partial charge is 0.481 e. The summed E-state index contributed by atoms with van der Waals surface area (Å²) in [4.78, 5) is 33.7. The zero-order valence-electron chi connectivity index (χ0n) is 11.7. The molecule has 114 valence electrons. The van der Waals surface area contributed by atoms with Crippen LogP contribution in [-0.2, 0) is 4.79 Å². The zero-order valence-corrected chi connectivity index (χ0v) is 12.5. The standard InChI is InChI=1S/C13H16N2O5S/c1-3-21-11-5-4-9(15(19)20)6-10(11)12(16)14-7-8(2)13(17)18/h4-6,8H,3,7H2,1-2H3,(H,14,16)(H,17,18). The van der Waals surface area contributed by atoms with Gasteiger partial charge in [0.25, 0.3) is 11.6 Å². The molecular weight excluding hydrogens is 296 g/mol. The van der Waals surface area contributed by atoms with E-state index in [-0.39, 0.29) is 17.8 Å². The van der Waals surface area contributed by atoms with Gasteiger partial charge in [0.15, 0.2) is 0 Å². The van der Waals surface area contributed by atoms with Crippen LogP contribution in [0.5, 0.6) is 0 Å². The number of carbonyl (C=O) groups excluding carboxylic acids is 1. The molecule has 0 fully saturated rings. The van der Waals surface area contributed by atoms with Gasteiger partial charge in [-0.15, -0.1) is 11.8 Å². The van der Waals surface area contributed by atoms with Gasteiger partial charge in [0.1, 0.15) is 0 Å². The maximum Gasteiger partial charge on any atom is 0.308 e. The van der Waals surface area contributed by atoms with E-state index in [0.29, 0.717) is 10.6 Å². The lowest BCUT2D eigenvalue weighted by Crippen LogP contribution is -2.31. The van der Waals surface area contributed by atoms with Crippen molar-refractivity contribution in [3.05, 3.63) is 33.9 Å². The van der Waals surface area contributed by atoms with E-state index in [1.165, 1.54) is 36.9 Å². The first-order chi connectivity index (χ1) is 9.86. The lowest BCUT2D eigenvalue weighted by Gasteiger charge is -2.11. The summed E-state index contributed by atoms with van der Waals surface area (Å²) >= 11 is 1.39. The van der Waals surface area contributed by atoms with Crippen LogP contribution in [0.15, 0.2) is 23.1 Å². The van der Waals surface area contributed by atoms with Crippen molar-refractivity contribution in [3.8, 4) is 0 Å². The molecule has 1 atom stereocenters. The summed E-state index contributed by atoms with van der Waals surface area (Å²) in [6.07, 6.45) is 0. The Kier molecular flexibility index (Phi) is 6.16. The predicted molar refractivity (Wildman–Crippen MR) is 78.6 cm³/mol. The number of nitrogens with zero attached hydrogens (tertiary/aromatic N) is 1. The first-order valence-corrected chi connectivity index (χ1v) is 7.27. The molecule has 0 saturated heterocycles. The lowest BCUT2D eigenvalue weighted by molar-refractivity contribution is -0.384. The molecule has 0 aliphatic carbocycles. The normalized spacial score (nSPS) is 11.7. The molecule has 0 spiro atoms. The van der Waals surface area contributed by atoms with Crippen LogP contribution in [0.4, 0.5) is 5.69 Å². The van der Waals surface area contributed by atoms with Gasteiger partial charge < -0.3 is 10.4 Å². The number of non-ortho nitro benzene ring substituents is 1. The van der Waals surface area contributed by atoms with Crippen molar-refractivity contribution < 1.29 is 19.6 Å². The Morgan fingerprint density at radius 1 is 1.48 bits per heavy atom. The highest BCUT2D eigenvalue weighted by atomic mass is 32.2. The quantitative estimate of drug-likeness (QED) is 0.453. The number of aliphatic carboxylic acids is 1. The third kappa shape index (κ3) is 4.75. The smallest absolute Gasteiger partial charge is 0.308 e. The van der Waals surface area contributed by atoms with Crippen molar-refractivity contribution >= 4 is 29.3 Å². The molecule has 1 rings (SSSR count). The summed E-state index contributed by atoms with van der Waals surface area (Å²) in [5.41, 5.74) is 0.0144. The van der Waals surface area contributed by atoms with E-state index in [4.69, 9.17) is 5.11 Å². The van der Waals surface area contributed by atoms with Crippen molar-refractivity contribution in [2.75, 3.05) is 12.3 Å². The molecule has 8 heteroatoms. The highest BCUT2D eigenvalue weighted by molar-refractivity contribution is 7.99. The number of thioether (sulfide) groups is 1. The molecule has 0 saturated carbocycles. The molecule has 21 heavy (non-hydrogen) atoms. The molecule has 0 aliphatic heterocycles. The monoisotopic (exact) mass is 312 g/mol. The Bertz CT molecular complexity index is 561. The Morgan fingerprint density at radius 3 is 2.67 bits per heavy atom. The second-order valence-corrected chi connectivity index (χ2v) is 5.63. The molecule has 0 heterocycles. The molecule has 1 unspecified atom stereocenters. The number of nitrogens with one attached hydrogen (secondary N) is 1. The number of carboxylic acid groups (broad SMARTS) is 1. The van der Waals surface area contributed by atoms with Gasteiger partial charge in [0, 0.05) is 23.6 Å². The average molecular weight is 312 g/mol. The minimum absolute atomic E-state index is 0.0346. The Morgan fingerprint density at radius 2 is 2.14 bits per heavy atom. The first kappa shape index (κ1) is 17.0. The van der Waals surface area contributed by atoms with Gasteiger partial charge in [-0.05, 0) is 11.8 Å². The maximum atomic E-state index is 12.1. The van der Waals surface area contributed by atoms with E-state index in [1.54, 1.807) is 0 Å². The van der Waals surface area contributed by atoms with Crippen molar-refractivity contribution in [3.63, 3.8) is 0 Å². The third-order valence-electron chi connectivity index (χ3n) is 2.71. The molecule has 2 N–H and O–H groups in total. The number of rotatable bonds is 7. The molecule has 1 aromatic carbocycles. The van der Waals surface area contributed by atoms with Crippen LogP contribution in [0.2, 0.25) is 0 Å². The van der Waals surface area contributed by atoms with Gasteiger partial charge in [-0.25, -0.2) is 0 Å². The maximum absolute atomic E-state index is 12.1. The molecule has 1 amide bonds. The lowest BCUT2D eigenvalue weighted by atomic mass is 10.1. The van der Waals surface area contributed by atoms with Crippen molar-refractivity contribution in [1.82, 2.24) is 5.32 Å². The van der Waals surface area contributed by atoms with Crippen LogP contribution in [-0.4, -0.2) is 34.2 Å². The van der Waals surface area contributed by atoms with Crippen LogP contribution in [0.1, 0.15) is 24.2 Å². The molecule has 0 aliphatic rings. The topological polar surface area (TPSA) is 110 Å². The minimum Gasteiger partial charge on any atom is -0.481 e. The Balaban J connectivity index is 2.96. The molecule has 0 radical (unpaired) electrons. The van der Waals surface area contributed by atoms with Gasteiger partial charge in [-0.2, -0.15) is 0 Å². The summed E-state index contributed by atoms with van der Waals surface area (Å²) in [6, 6.07) is 4.08. The number of hydrogen-bond donors (Lipinski definition) is 2.